The molecule has 0 aliphatic carbocycles. The SMILES string of the molecule is CC1C(=O)CC(C)N(C)C1C=C(C#N)C(N)=S. The van der Waals surface area contributed by atoms with Crippen molar-refractivity contribution in [3.05, 3.63) is 11.6 Å². The summed E-state index contributed by atoms with van der Waals surface area (Å²) < 4.78 is 0. The molecule has 17 heavy (non-hydrogen) atoms. The number of nitrogens with two attached hydrogens (primary N) is 1. The fourth-order valence-electron chi connectivity index (χ4n) is 2.07. The lowest BCUT2D eigenvalue weighted by atomic mass is 9.85. The molecule has 0 spiro atoms. The number of carbonyl (C=O) groups excluding carboxylic acids is 1. The van der Waals surface area contributed by atoms with Crippen LogP contribution in [0.4, 0.5) is 0 Å². The Morgan fingerprint density at radius 3 is 2.71 bits per heavy atom. The van der Waals surface area contributed by atoms with Crippen molar-refractivity contribution in [1.29, 1.82) is 5.26 Å². The number of hydrogen-bond donors (Lipinski definition) is 1. The second-order valence-electron chi connectivity index (χ2n) is 4.52. The standard InChI is InChI=1S/C12H17N3OS/c1-7-4-11(16)8(2)10(15(7)3)5-9(6-13)12(14)17/h5,7-8,10H,4H2,1-3H3,(H2,14,17). The quantitative estimate of drug-likeness (QED) is 0.451. The molecule has 0 aromatic heterocycles. The first-order valence-electron chi connectivity index (χ1n) is 5.54. The summed E-state index contributed by atoms with van der Waals surface area (Å²) in [7, 11) is 1.95. The van der Waals surface area contributed by atoms with Crippen molar-refractivity contribution in [1.82, 2.24) is 4.90 Å². The summed E-state index contributed by atoms with van der Waals surface area (Å²) in [6, 6.07) is 2.04. The van der Waals surface area contributed by atoms with Crippen molar-refractivity contribution in [2.75, 3.05) is 7.05 Å². The topological polar surface area (TPSA) is 70.1 Å². The molecule has 4 nitrogen and oxygen atoms in total. The molecular formula is C12H17N3OS. The van der Waals surface area contributed by atoms with Gasteiger partial charge in [0.05, 0.1) is 5.57 Å². The molecule has 0 amide bonds. The molecule has 1 rings (SSSR count). The Kier molecular flexibility index (Phi) is 4.38. The Balaban J connectivity index is 3.05. The molecule has 1 heterocycles. The number of thiocarbonyl (C=S) groups is 1. The van der Waals surface area contributed by atoms with Crippen LogP contribution in [0.15, 0.2) is 11.6 Å². The van der Waals surface area contributed by atoms with Crippen molar-refractivity contribution < 1.29 is 4.79 Å². The van der Waals surface area contributed by atoms with Crippen LogP contribution in [0.5, 0.6) is 0 Å². The van der Waals surface area contributed by atoms with Crippen LogP contribution in [-0.4, -0.2) is 34.8 Å². The van der Waals surface area contributed by atoms with Gasteiger partial charge < -0.3 is 5.73 Å². The number of hydrogen-bond acceptors (Lipinski definition) is 4. The van der Waals surface area contributed by atoms with E-state index >= 15 is 0 Å². The van der Waals surface area contributed by atoms with Crippen molar-refractivity contribution >= 4 is 23.0 Å². The molecule has 3 atom stereocenters. The maximum Gasteiger partial charge on any atom is 0.139 e. The molecule has 2 N–H and O–H groups in total. The van der Waals surface area contributed by atoms with Crippen molar-refractivity contribution in [3.63, 3.8) is 0 Å². The smallest absolute Gasteiger partial charge is 0.139 e. The molecule has 0 aromatic rings. The van der Waals surface area contributed by atoms with E-state index in [0.717, 1.165) is 0 Å². The van der Waals surface area contributed by atoms with Crippen LogP contribution in [-0.2, 0) is 4.79 Å². The molecular weight excluding hydrogens is 234 g/mol. The minimum atomic E-state index is -0.131. The van der Waals surface area contributed by atoms with E-state index < -0.39 is 0 Å². The van der Waals surface area contributed by atoms with E-state index in [1.165, 1.54) is 0 Å². The number of nitriles is 1. The third-order valence-corrected chi connectivity index (χ3v) is 3.63. The minimum Gasteiger partial charge on any atom is -0.389 e. The summed E-state index contributed by atoms with van der Waals surface area (Å²) in [4.78, 5) is 14.0. The highest BCUT2D eigenvalue weighted by Crippen LogP contribution is 2.25. The number of likely N-dealkylation sites (N-methyl/N-ethyl adjacent to an activating group) is 1. The second-order valence-corrected chi connectivity index (χ2v) is 4.96. The van der Waals surface area contributed by atoms with Crippen LogP contribution < -0.4 is 5.73 Å². The molecule has 1 aliphatic heterocycles. The highest BCUT2D eigenvalue weighted by Gasteiger charge is 2.35. The van der Waals surface area contributed by atoms with Gasteiger partial charge in [-0.05, 0) is 20.0 Å². The lowest BCUT2D eigenvalue weighted by Crippen LogP contribution is -2.50. The molecule has 1 aliphatic rings. The first-order chi connectivity index (χ1) is 7.88. The lowest BCUT2D eigenvalue weighted by molar-refractivity contribution is -0.128. The zero-order valence-corrected chi connectivity index (χ0v) is 11.1. The molecule has 3 unspecified atom stereocenters. The van der Waals surface area contributed by atoms with E-state index in [-0.39, 0.29) is 34.3 Å². The predicted molar refractivity (Wildman–Crippen MR) is 70.3 cm³/mol. The van der Waals surface area contributed by atoms with E-state index in [2.05, 4.69) is 4.90 Å². The van der Waals surface area contributed by atoms with Crippen LogP contribution in [0.3, 0.4) is 0 Å². The van der Waals surface area contributed by atoms with Crippen LogP contribution in [0.1, 0.15) is 20.3 Å². The summed E-state index contributed by atoms with van der Waals surface area (Å²) in [6.45, 7) is 3.87. The molecule has 0 saturated carbocycles. The van der Waals surface area contributed by atoms with Gasteiger partial charge in [0.2, 0.25) is 0 Å². The Hall–Kier alpha value is -1.25. The van der Waals surface area contributed by atoms with Crippen LogP contribution in [0.25, 0.3) is 0 Å². The summed E-state index contributed by atoms with van der Waals surface area (Å²) in [6.07, 6.45) is 2.26. The van der Waals surface area contributed by atoms with E-state index in [1.807, 2.05) is 27.0 Å². The maximum absolute atomic E-state index is 11.8. The Labute approximate surface area is 107 Å². The molecule has 0 radical (unpaired) electrons. The fourth-order valence-corrected chi connectivity index (χ4v) is 2.18. The van der Waals surface area contributed by atoms with Gasteiger partial charge in [-0.15, -0.1) is 0 Å². The Morgan fingerprint density at radius 1 is 1.65 bits per heavy atom. The second kappa shape index (κ2) is 5.39. The zero-order chi connectivity index (χ0) is 13.2. The number of likely N-dealkylation sites (tertiary alicyclic amines) is 1. The van der Waals surface area contributed by atoms with Gasteiger partial charge in [-0.3, -0.25) is 9.69 Å². The number of nitrogens with zero attached hydrogens (tertiary/aromatic N) is 2. The van der Waals surface area contributed by atoms with E-state index in [1.54, 1.807) is 6.08 Å². The van der Waals surface area contributed by atoms with Crippen LogP contribution >= 0.6 is 12.2 Å². The van der Waals surface area contributed by atoms with Gasteiger partial charge >= 0.3 is 0 Å². The summed E-state index contributed by atoms with van der Waals surface area (Å²) in [5, 5.41) is 8.94. The average molecular weight is 251 g/mol. The van der Waals surface area contributed by atoms with Gasteiger partial charge in [0, 0.05) is 24.4 Å². The van der Waals surface area contributed by atoms with E-state index in [0.29, 0.717) is 6.42 Å². The lowest BCUT2D eigenvalue weighted by Gasteiger charge is -2.39. The minimum absolute atomic E-state index is 0.0822. The number of rotatable bonds is 2. The first-order valence-corrected chi connectivity index (χ1v) is 5.95. The van der Waals surface area contributed by atoms with Gasteiger partial charge in [-0.2, -0.15) is 5.26 Å². The third-order valence-electron chi connectivity index (χ3n) is 3.41. The number of piperidine rings is 1. The molecule has 1 fully saturated rings. The van der Waals surface area contributed by atoms with Gasteiger partial charge in [0.1, 0.15) is 16.8 Å². The van der Waals surface area contributed by atoms with Gasteiger partial charge in [0.25, 0.3) is 0 Å². The summed E-state index contributed by atoms with van der Waals surface area (Å²) >= 11 is 4.80. The molecule has 92 valence electrons. The van der Waals surface area contributed by atoms with Crippen molar-refractivity contribution in [2.24, 2.45) is 11.7 Å². The normalized spacial score (nSPS) is 31.1. The third kappa shape index (κ3) is 2.90. The summed E-state index contributed by atoms with van der Waals surface area (Å²) in [5.74, 6) is 0.0889. The largest absolute Gasteiger partial charge is 0.389 e. The summed E-state index contributed by atoms with van der Waals surface area (Å²) in [5.41, 5.74) is 5.74. The van der Waals surface area contributed by atoms with Crippen LogP contribution in [0.2, 0.25) is 0 Å². The van der Waals surface area contributed by atoms with Gasteiger partial charge in [-0.1, -0.05) is 19.1 Å². The Bertz CT molecular complexity index is 410. The van der Waals surface area contributed by atoms with Gasteiger partial charge in [0.15, 0.2) is 0 Å². The highest BCUT2D eigenvalue weighted by atomic mass is 32.1. The number of Topliss-reactive ketones (excluding diaryl/α,β-unsaturated/α-hetero) is 1. The monoisotopic (exact) mass is 251 g/mol. The Morgan fingerprint density at radius 2 is 2.24 bits per heavy atom. The predicted octanol–water partition coefficient (Wildman–Crippen LogP) is 1.02. The van der Waals surface area contributed by atoms with Crippen molar-refractivity contribution in [3.8, 4) is 6.07 Å². The average Bonchev–Trinajstić information content (AvgIpc) is 2.26. The molecule has 1 saturated heterocycles. The molecule has 0 bridgehead atoms. The fraction of sp³-hybridized carbons (Fsp3) is 0.583. The zero-order valence-electron chi connectivity index (χ0n) is 10.3. The van der Waals surface area contributed by atoms with Crippen LogP contribution in [0, 0.1) is 17.2 Å². The molecule has 0 aromatic carbocycles. The number of carbonyl (C=O) groups is 1. The first kappa shape index (κ1) is 13.8. The maximum atomic E-state index is 11.8. The van der Waals surface area contributed by atoms with Gasteiger partial charge in [-0.25, -0.2) is 0 Å². The van der Waals surface area contributed by atoms with E-state index in [9.17, 15) is 4.79 Å². The molecule has 5 heteroatoms. The number of ketones is 1. The van der Waals surface area contributed by atoms with E-state index in [4.69, 9.17) is 23.2 Å². The highest BCUT2D eigenvalue weighted by molar-refractivity contribution is 7.80. The van der Waals surface area contributed by atoms with Crippen molar-refractivity contribution in [2.45, 2.75) is 32.4 Å².